The summed E-state index contributed by atoms with van der Waals surface area (Å²) < 4.78 is 5.56. The van der Waals surface area contributed by atoms with E-state index in [9.17, 15) is 4.79 Å². The molecule has 1 unspecified atom stereocenters. The van der Waals surface area contributed by atoms with Gasteiger partial charge in [-0.15, -0.1) is 0 Å². The van der Waals surface area contributed by atoms with Crippen LogP contribution in [-0.4, -0.2) is 45.2 Å². The second-order valence-electron chi connectivity index (χ2n) is 5.16. The van der Waals surface area contributed by atoms with E-state index in [1.165, 1.54) is 4.80 Å². The lowest BCUT2D eigenvalue weighted by Crippen LogP contribution is -2.45. The Morgan fingerprint density at radius 1 is 1.33 bits per heavy atom. The van der Waals surface area contributed by atoms with Crippen LogP contribution in [0.4, 0.5) is 0 Å². The van der Waals surface area contributed by atoms with E-state index in [1.54, 1.807) is 17.3 Å². The number of carbonyl (C=O) groups is 1. The molecule has 1 amide bonds. The summed E-state index contributed by atoms with van der Waals surface area (Å²) in [6.07, 6.45) is 3.85. The molecule has 1 fully saturated rings. The van der Waals surface area contributed by atoms with Crippen molar-refractivity contribution < 1.29 is 9.53 Å². The van der Waals surface area contributed by atoms with Crippen LogP contribution in [-0.2, 0) is 4.74 Å². The SMILES string of the molecule is Cc1ccc(-n2nccn2)c(C(=O)N2CCCOC2C)c1. The minimum absolute atomic E-state index is 0.0433. The number of ether oxygens (including phenoxy) is 1. The summed E-state index contributed by atoms with van der Waals surface area (Å²) in [6, 6.07) is 5.70. The van der Waals surface area contributed by atoms with Crippen LogP contribution in [0.2, 0.25) is 0 Å². The lowest BCUT2D eigenvalue weighted by atomic mass is 10.1. The third-order valence-corrected chi connectivity index (χ3v) is 3.62. The van der Waals surface area contributed by atoms with Crippen LogP contribution in [0.25, 0.3) is 5.69 Å². The summed E-state index contributed by atoms with van der Waals surface area (Å²) in [4.78, 5) is 16.1. The van der Waals surface area contributed by atoms with Gasteiger partial charge < -0.3 is 9.64 Å². The molecule has 1 aliphatic rings. The van der Waals surface area contributed by atoms with Gasteiger partial charge in [0.15, 0.2) is 0 Å². The molecule has 3 rings (SSSR count). The second-order valence-corrected chi connectivity index (χ2v) is 5.16. The van der Waals surface area contributed by atoms with Crippen LogP contribution in [0.3, 0.4) is 0 Å². The smallest absolute Gasteiger partial charge is 0.258 e. The Kier molecular flexibility index (Phi) is 3.70. The van der Waals surface area contributed by atoms with E-state index < -0.39 is 0 Å². The van der Waals surface area contributed by atoms with Crippen LogP contribution < -0.4 is 0 Å². The average Bonchev–Trinajstić information content (AvgIpc) is 3.01. The van der Waals surface area contributed by atoms with Gasteiger partial charge in [-0.1, -0.05) is 11.6 Å². The Hall–Kier alpha value is -2.21. The molecule has 1 aromatic heterocycles. The quantitative estimate of drug-likeness (QED) is 0.844. The maximum absolute atomic E-state index is 12.9. The maximum atomic E-state index is 12.9. The van der Waals surface area contributed by atoms with Crippen molar-refractivity contribution in [2.45, 2.75) is 26.5 Å². The molecule has 6 nitrogen and oxygen atoms in total. The second kappa shape index (κ2) is 5.65. The fraction of sp³-hybridized carbons (Fsp3) is 0.400. The van der Waals surface area contributed by atoms with Gasteiger partial charge in [0.05, 0.1) is 30.3 Å². The molecule has 2 heterocycles. The van der Waals surface area contributed by atoms with E-state index >= 15 is 0 Å². The average molecular weight is 286 g/mol. The van der Waals surface area contributed by atoms with Crippen molar-refractivity contribution in [3.63, 3.8) is 0 Å². The van der Waals surface area contributed by atoms with Crippen molar-refractivity contribution in [2.75, 3.05) is 13.2 Å². The van der Waals surface area contributed by atoms with Gasteiger partial charge in [0.25, 0.3) is 5.91 Å². The van der Waals surface area contributed by atoms with Crippen molar-refractivity contribution in [2.24, 2.45) is 0 Å². The zero-order valence-corrected chi connectivity index (χ0v) is 12.2. The number of aromatic nitrogens is 3. The Morgan fingerprint density at radius 3 is 2.81 bits per heavy atom. The zero-order valence-electron chi connectivity index (χ0n) is 12.2. The minimum Gasteiger partial charge on any atom is -0.359 e. The summed E-state index contributed by atoms with van der Waals surface area (Å²) in [6.45, 7) is 5.28. The summed E-state index contributed by atoms with van der Waals surface area (Å²) in [5, 5.41) is 8.25. The first-order valence-electron chi connectivity index (χ1n) is 7.07. The topological polar surface area (TPSA) is 60.2 Å². The number of hydrogen-bond acceptors (Lipinski definition) is 4. The highest BCUT2D eigenvalue weighted by molar-refractivity contribution is 5.98. The van der Waals surface area contributed by atoms with Crippen LogP contribution in [0.5, 0.6) is 0 Å². The van der Waals surface area contributed by atoms with Gasteiger partial charge in [0.1, 0.15) is 6.23 Å². The number of rotatable bonds is 2. The summed E-state index contributed by atoms with van der Waals surface area (Å²) in [7, 11) is 0. The third-order valence-electron chi connectivity index (χ3n) is 3.62. The molecule has 1 atom stereocenters. The predicted octanol–water partition coefficient (Wildman–Crippen LogP) is 1.78. The Labute approximate surface area is 123 Å². The van der Waals surface area contributed by atoms with Gasteiger partial charge in [0, 0.05) is 6.54 Å². The number of aryl methyl sites for hydroxylation is 1. The highest BCUT2D eigenvalue weighted by Crippen LogP contribution is 2.20. The molecule has 1 aromatic carbocycles. The molecule has 0 aliphatic carbocycles. The summed E-state index contributed by atoms with van der Waals surface area (Å²) in [5.41, 5.74) is 2.32. The van der Waals surface area contributed by atoms with Gasteiger partial charge in [-0.3, -0.25) is 4.79 Å². The van der Waals surface area contributed by atoms with Crippen molar-refractivity contribution in [1.82, 2.24) is 19.9 Å². The molecule has 110 valence electrons. The lowest BCUT2D eigenvalue weighted by molar-refractivity contribution is -0.0661. The largest absolute Gasteiger partial charge is 0.359 e. The first-order chi connectivity index (χ1) is 10.2. The van der Waals surface area contributed by atoms with E-state index in [4.69, 9.17) is 4.74 Å². The third kappa shape index (κ3) is 2.67. The number of carbonyl (C=O) groups excluding carboxylic acids is 1. The fourth-order valence-electron chi connectivity index (χ4n) is 2.52. The van der Waals surface area contributed by atoms with Crippen molar-refractivity contribution in [1.29, 1.82) is 0 Å². The van der Waals surface area contributed by atoms with Crippen LogP contribution in [0.1, 0.15) is 29.3 Å². The molecule has 0 bridgehead atoms. The molecule has 6 heteroatoms. The predicted molar refractivity (Wildman–Crippen MR) is 77.2 cm³/mol. The summed E-state index contributed by atoms with van der Waals surface area (Å²) >= 11 is 0. The standard InChI is InChI=1S/C15H18N4O2/c1-11-4-5-14(19-16-6-7-17-19)13(10-11)15(20)18-8-3-9-21-12(18)2/h4-7,10,12H,3,8-9H2,1-2H3. The Balaban J connectivity index is 2.00. The van der Waals surface area contributed by atoms with Gasteiger partial charge >= 0.3 is 0 Å². The molecular formula is C15H18N4O2. The molecule has 1 saturated heterocycles. The molecule has 0 N–H and O–H groups in total. The van der Waals surface area contributed by atoms with Crippen molar-refractivity contribution in [3.05, 3.63) is 41.7 Å². The molecule has 21 heavy (non-hydrogen) atoms. The van der Waals surface area contributed by atoms with Gasteiger partial charge in [-0.25, -0.2) is 0 Å². The van der Waals surface area contributed by atoms with Crippen LogP contribution in [0, 0.1) is 6.92 Å². The highest BCUT2D eigenvalue weighted by Gasteiger charge is 2.27. The van der Waals surface area contributed by atoms with Crippen molar-refractivity contribution >= 4 is 5.91 Å². The van der Waals surface area contributed by atoms with E-state index in [0.717, 1.165) is 12.0 Å². The monoisotopic (exact) mass is 286 g/mol. The number of benzene rings is 1. The van der Waals surface area contributed by atoms with Gasteiger partial charge in [-0.2, -0.15) is 15.0 Å². The molecule has 0 spiro atoms. The summed E-state index contributed by atoms with van der Waals surface area (Å²) in [5.74, 6) is -0.0433. The van der Waals surface area contributed by atoms with Crippen LogP contribution in [0.15, 0.2) is 30.6 Å². The Morgan fingerprint density at radius 2 is 2.10 bits per heavy atom. The number of amides is 1. The molecule has 1 aliphatic heterocycles. The van der Waals surface area contributed by atoms with Gasteiger partial charge in [0.2, 0.25) is 0 Å². The minimum atomic E-state index is -0.204. The lowest BCUT2D eigenvalue weighted by Gasteiger charge is -2.33. The van der Waals surface area contributed by atoms with E-state index in [2.05, 4.69) is 10.2 Å². The van der Waals surface area contributed by atoms with Gasteiger partial charge in [-0.05, 0) is 32.4 Å². The fourth-order valence-corrected chi connectivity index (χ4v) is 2.52. The molecule has 0 saturated carbocycles. The number of nitrogens with zero attached hydrogens (tertiary/aromatic N) is 4. The molecular weight excluding hydrogens is 268 g/mol. The van der Waals surface area contributed by atoms with Crippen LogP contribution >= 0.6 is 0 Å². The Bertz CT molecular complexity index is 639. The van der Waals surface area contributed by atoms with E-state index in [1.807, 2.05) is 32.0 Å². The van der Waals surface area contributed by atoms with E-state index in [0.29, 0.717) is 24.4 Å². The number of hydrogen-bond donors (Lipinski definition) is 0. The normalized spacial score (nSPS) is 18.8. The van der Waals surface area contributed by atoms with Crippen molar-refractivity contribution in [3.8, 4) is 5.69 Å². The molecule has 2 aromatic rings. The molecule has 0 radical (unpaired) electrons. The first kappa shape index (κ1) is 13.8. The highest BCUT2D eigenvalue weighted by atomic mass is 16.5. The van der Waals surface area contributed by atoms with E-state index in [-0.39, 0.29) is 12.1 Å². The zero-order chi connectivity index (χ0) is 14.8. The maximum Gasteiger partial charge on any atom is 0.258 e. The first-order valence-corrected chi connectivity index (χ1v) is 7.07.